The Bertz CT molecular complexity index is 2290. The fraction of sp³-hybridized carbons (Fsp3) is 0.478. The van der Waals surface area contributed by atoms with Crippen molar-refractivity contribution < 1.29 is 39.0 Å². The van der Waals surface area contributed by atoms with Gasteiger partial charge in [0.05, 0.1) is 5.54 Å². The number of rotatable bonds is 11. The fourth-order valence-corrected chi connectivity index (χ4v) is 13.3. The molecular weight excluding hydrogens is 779 g/mol. The summed E-state index contributed by atoms with van der Waals surface area (Å²) < 4.78 is 0. The van der Waals surface area contributed by atoms with E-state index in [1.807, 2.05) is 92.7 Å². The van der Waals surface area contributed by atoms with Crippen LogP contribution in [0.3, 0.4) is 0 Å². The Hall–Kier alpha value is -5.80. The van der Waals surface area contributed by atoms with Gasteiger partial charge in [0.1, 0.15) is 11.1 Å². The highest BCUT2D eigenvalue weighted by Crippen LogP contribution is 2.60. The van der Waals surface area contributed by atoms with Gasteiger partial charge in [-0.3, -0.25) is 39.6 Å². The van der Waals surface area contributed by atoms with Crippen LogP contribution in [-0.2, 0) is 41.1 Å². The summed E-state index contributed by atoms with van der Waals surface area (Å²) in [7, 11) is 0. The van der Waals surface area contributed by atoms with E-state index in [9.17, 15) is 39.0 Å². The van der Waals surface area contributed by atoms with Crippen LogP contribution in [-0.4, -0.2) is 92.6 Å². The van der Waals surface area contributed by atoms with Gasteiger partial charge in [-0.05, 0) is 92.4 Å². The summed E-state index contributed by atoms with van der Waals surface area (Å²) in [6, 6.07) is 23.8. The summed E-state index contributed by atoms with van der Waals surface area (Å²) in [4.78, 5) is 87.2. The average molecular weight is 834 g/mol. The van der Waals surface area contributed by atoms with Crippen molar-refractivity contribution in [1.82, 2.24) is 20.4 Å². The van der Waals surface area contributed by atoms with E-state index >= 15 is 0 Å². The molecule has 322 valence electrons. The van der Waals surface area contributed by atoms with Gasteiger partial charge in [0.2, 0.25) is 11.8 Å². The zero-order valence-corrected chi connectivity index (χ0v) is 35.0. The number of hydrogen-bond donors (Lipinski definition) is 6. The molecule has 3 aromatic rings. The minimum Gasteiger partial charge on any atom is -0.465 e. The molecule has 15 heteroatoms. The minimum absolute atomic E-state index is 0.0670. The fourth-order valence-electron chi connectivity index (χ4n) is 13.3. The van der Waals surface area contributed by atoms with Crippen LogP contribution in [0.2, 0.25) is 0 Å². The first kappa shape index (κ1) is 41.9. The SMILES string of the molecule is CC1C[C@@H](C2CCCN2[C@@]2(C(=O)NC(=O)O)c3ccc(cc3)C2(C)CC(N)=O)N(c2ccccc2)[C@]1(C)C1CCCN1[C@@]1(C(=O)NC(=O)O)c2ccc(cc2)C1(C)CC(N)=O. The number of fused-ring (bicyclic) bond motifs is 6. The zero-order chi connectivity index (χ0) is 43.9. The summed E-state index contributed by atoms with van der Waals surface area (Å²) in [5.41, 5.74) is 8.90. The largest absolute Gasteiger partial charge is 0.465 e. The van der Waals surface area contributed by atoms with Crippen molar-refractivity contribution in [1.29, 1.82) is 0 Å². The number of nitrogens with zero attached hydrogens (tertiary/aromatic N) is 3. The molecule has 3 saturated heterocycles. The first-order chi connectivity index (χ1) is 28.9. The molecule has 3 heterocycles. The lowest BCUT2D eigenvalue weighted by atomic mass is 9.56. The van der Waals surface area contributed by atoms with E-state index in [2.05, 4.69) is 39.2 Å². The maximum absolute atomic E-state index is 14.9. The molecule has 9 atom stereocenters. The highest BCUT2D eigenvalue weighted by Gasteiger charge is 2.70. The summed E-state index contributed by atoms with van der Waals surface area (Å²) in [5, 5.41) is 24.5. The molecule has 8 N–H and O–H groups in total. The molecule has 3 aromatic carbocycles. The van der Waals surface area contributed by atoms with Gasteiger partial charge in [-0.25, -0.2) is 9.59 Å². The molecule has 0 radical (unpaired) electrons. The minimum atomic E-state index is -1.63. The van der Waals surface area contributed by atoms with Crippen molar-refractivity contribution in [2.24, 2.45) is 17.4 Å². The Labute approximate surface area is 354 Å². The van der Waals surface area contributed by atoms with E-state index in [0.717, 1.165) is 5.69 Å². The molecule has 10 rings (SSSR count). The Balaban J connectivity index is 1.30. The number of likely N-dealkylation sites (tertiary alicyclic amines) is 2. The Morgan fingerprint density at radius 3 is 1.56 bits per heavy atom. The smallest absolute Gasteiger partial charge is 0.411 e. The van der Waals surface area contributed by atoms with Crippen molar-refractivity contribution in [3.63, 3.8) is 0 Å². The second-order valence-corrected chi connectivity index (χ2v) is 18.4. The third-order valence-electron chi connectivity index (χ3n) is 15.6. The number of imide groups is 2. The maximum Gasteiger partial charge on any atom is 0.411 e. The van der Waals surface area contributed by atoms with E-state index in [1.54, 1.807) is 0 Å². The number of nitrogens with two attached hydrogens (primary N) is 2. The quantitative estimate of drug-likeness (QED) is 0.160. The summed E-state index contributed by atoms with van der Waals surface area (Å²) in [6.45, 7) is 8.90. The van der Waals surface area contributed by atoms with Gasteiger partial charge in [0, 0.05) is 47.5 Å². The highest BCUT2D eigenvalue weighted by molar-refractivity contribution is 6.01. The average Bonchev–Trinajstić information content (AvgIpc) is 3.94. The first-order valence-electron chi connectivity index (χ1n) is 21.1. The normalized spacial score (nSPS) is 34.1. The molecule has 3 aliphatic heterocycles. The molecule has 0 aromatic heterocycles. The number of hydrogen-bond acceptors (Lipinski definition) is 9. The van der Waals surface area contributed by atoms with Crippen LogP contribution >= 0.6 is 0 Å². The Morgan fingerprint density at radius 1 is 0.639 bits per heavy atom. The van der Waals surface area contributed by atoms with Gasteiger partial charge in [-0.2, -0.15) is 0 Å². The van der Waals surface area contributed by atoms with Crippen LogP contribution in [0.25, 0.3) is 0 Å². The van der Waals surface area contributed by atoms with Gasteiger partial charge >= 0.3 is 12.2 Å². The molecule has 5 unspecified atom stereocenters. The number of primary amides is 2. The lowest BCUT2D eigenvalue weighted by Gasteiger charge is -2.60. The molecule has 6 amide bonds. The maximum atomic E-state index is 14.9. The van der Waals surface area contributed by atoms with Crippen LogP contribution in [0, 0.1) is 5.92 Å². The number of carbonyl (C=O) groups is 6. The van der Waals surface area contributed by atoms with Crippen LogP contribution in [0.4, 0.5) is 15.3 Å². The number of anilines is 1. The summed E-state index contributed by atoms with van der Waals surface area (Å²) in [5.74, 6) is -2.81. The molecule has 4 bridgehead atoms. The predicted octanol–water partition coefficient (Wildman–Crippen LogP) is 4.26. The second-order valence-electron chi connectivity index (χ2n) is 18.4. The monoisotopic (exact) mass is 833 g/mol. The number of benzene rings is 3. The molecule has 4 aliphatic carbocycles. The molecular formula is C46H55N7O8. The van der Waals surface area contributed by atoms with Gasteiger partial charge in [0.15, 0.2) is 0 Å². The number of carbonyl (C=O) groups excluding carboxylic acids is 4. The highest BCUT2D eigenvalue weighted by atomic mass is 16.4. The van der Waals surface area contributed by atoms with Crippen molar-refractivity contribution >= 4 is 41.5 Å². The van der Waals surface area contributed by atoms with Crippen molar-refractivity contribution in [2.75, 3.05) is 18.0 Å². The zero-order valence-electron chi connectivity index (χ0n) is 35.0. The van der Waals surface area contributed by atoms with E-state index in [4.69, 9.17) is 11.5 Å². The Kier molecular flexibility index (Phi) is 10.1. The summed E-state index contributed by atoms with van der Waals surface area (Å²) >= 11 is 0. The summed E-state index contributed by atoms with van der Waals surface area (Å²) in [6.07, 6.45) is -0.121. The number of para-hydroxylation sites is 1. The molecule has 0 spiro atoms. The van der Waals surface area contributed by atoms with Gasteiger partial charge < -0.3 is 26.6 Å². The van der Waals surface area contributed by atoms with Gasteiger partial charge in [-0.1, -0.05) is 87.5 Å². The molecule has 3 fully saturated rings. The second kappa shape index (κ2) is 14.7. The third kappa shape index (κ3) is 5.75. The van der Waals surface area contributed by atoms with Crippen LogP contribution in [0.15, 0.2) is 78.9 Å². The molecule has 7 aliphatic rings. The number of carboxylic acid groups (broad SMARTS) is 2. The van der Waals surface area contributed by atoms with E-state index in [-0.39, 0.29) is 36.9 Å². The van der Waals surface area contributed by atoms with Crippen molar-refractivity contribution in [3.8, 4) is 0 Å². The first-order valence-corrected chi connectivity index (χ1v) is 21.1. The predicted molar refractivity (Wildman–Crippen MR) is 225 cm³/mol. The van der Waals surface area contributed by atoms with E-state index in [1.165, 1.54) is 0 Å². The molecule has 15 nitrogen and oxygen atoms in total. The third-order valence-corrected chi connectivity index (χ3v) is 15.6. The molecule has 61 heavy (non-hydrogen) atoms. The molecule has 0 saturated carbocycles. The van der Waals surface area contributed by atoms with Crippen LogP contribution < -0.4 is 27.0 Å². The van der Waals surface area contributed by atoms with Crippen molar-refractivity contribution in [3.05, 3.63) is 101 Å². The van der Waals surface area contributed by atoms with Crippen LogP contribution in [0.1, 0.15) is 94.9 Å². The number of nitrogens with one attached hydrogen (secondary N) is 2. The standard InChI is InChI=1S/C46H55N7O8/c1-27-24-34(33-12-8-22-51(33)45(38(56)49-40(58)59)30-18-14-28(15-19-30)42(45,2)25-36(47)54)53(32-10-6-5-7-11-32)44(27,4)35-13-9-23-52(35)46(39(57)50-41(60)61)31-20-16-29(17-21-31)43(46,3)26-37(48)55/h5-7,10-11,14-21,27,33-35H,8-9,12-13,22-26H2,1-4H3,(H2,47,54)(H2,48,55)(H,49,56)(H,50,57)(H,58,59)(H,60,61)/t27?,33?,34-,35?,42?,43?,44-,45+,46+/m0/s1. The topological polar surface area (TPSA) is 229 Å². The van der Waals surface area contributed by atoms with Crippen LogP contribution in [0.5, 0.6) is 0 Å². The van der Waals surface area contributed by atoms with Gasteiger partial charge in [-0.15, -0.1) is 0 Å². The Morgan fingerprint density at radius 2 is 1.08 bits per heavy atom. The van der Waals surface area contributed by atoms with E-state index in [0.29, 0.717) is 67.4 Å². The van der Waals surface area contributed by atoms with Crippen molar-refractivity contribution in [2.45, 2.75) is 118 Å². The number of amides is 6. The lowest BCUT2D eigenvalue weighted by molar-refractivity contribution is -0.145. The van der Waals surface area contributed by atoms with E-state index < -0.39 is 63.3 Å². The van der Waals surface area contributed by atoms with Gasteiger partial charge in [0.25, 0.3) is 11.8 Å². The lowest BCUT2D eigenvalue weighted by Crippen LogP contribution is -2.74.